The molecule has 6 heteroatoms. The maximum Gasteiger partial charge on any atom is 0.159 e. The molecule has 0 atom stereocenters. The van der Waals surface area contributed by atoms with E-state index < -0.39 is 0 Å². The van der Waals surface area contributed by atoms with Gasteiger partial charge in [-0.25, -0.2) is 4.98 Å². The highest BCUT2D eigenvalue weighted by Gasteiger charge is 2.15. The van der Waals surface area contributed by atoms with Crippen molar-refractivity contribution in [3.63, 3.8) is 0 Å². The number of nitrogens with zero attached hydrogens (tertiary/aromatic N) is 4. The van der Waals surface area contributed by atoms with Gasteiger partial charge in [0.1, 0.15) is 5.69 Å². The van der Waals surface area contributed by atoms with E-state index in [0.717, 1.165) is 51.9 Å². The first kappa shape index (κ1) is 25.3. The fraction of sp³-hybridized carbons (Fsp3) is 0.250. The topological polar surface area (TPSA) is 35.6 Å². The minimum Gasteiger partial charge on any atom is -0.340 e. The standard InChI is InChI=1S/C32H30Br2N4/c1-21-17-28-31(18-22(21)2)38(32(36-28)27-9-5-6-14-35-27)16-8-4-3-7-15-37-29-12-10-23(33)19-25(29)26-20-24(34)11-13-30(26)37/h5-6,9-14,17-20H,3-4,7-8,15-16H2,1-2H3. The van der Waals surface area contributed by atoms with Crippen LogP contribution in [-0.4, -0.2) is 19.1 Å². The number of benzene rings is 3. The second-order valence-electron chi connectivity index (χ2n) is 10.1. The molecule has 4 nitrogen and oxygen atoms in total. The van der Waals surface area contributed by atoms with Gasteiger partial charge in [-0.2, -0.15) is 0 Å². The number of fused-ring (bicyclic) bond motifs is 4. The molecule has 0 aliphatic heterocycles. The summed E-state index contributed by atoms with van der Waals surface area (Å²) in [5, 5.41) is 2.60. The summed E-state index contributed by atoms with van der Waals surface area (Å²) >= 11 is 7.31. The highest BCUT2D eigenvalue weighted by molar-refractivity contribution is 9.10. The Morgan fingerprint density at radius 2 is 1.29 bits per heavy atom. The van der Waals surface area contributed by atoms with Gasteiger partial charge < -0.3 is 9.13 Å². The second kappa shape index (κ2) is 10.7. The number of aryl methyl sites for hydroxylation is 4. The molecule has 0 fully saturated rings. The number of hydrogen-bond acceptors (Lipinski definition) is 2. The molecule has 192 valence electrons. The lowest BCUT2D eigenvalue weighted by Gasteiger charge is -2.11. The van der Waals surface area contributed by atoms with E-state index in [-0.39, 0.29) is 0 Å². The highest BCUT2D eigenvalue weighted by Crippen LogP contribution is 2.33. The summed E-state index contributed by atoms with van der Waals surface area (Å²) < 4.78 is 7.09. The summed E-state index contributed by atoms with van der Waals surface area (Å²) in [4.78, 5) is 9.60. The molecule has 3 heterocycles. The van der Waals surface area contributed by atoms with Crippen LogP contribution in [0.1, 0.15) is 36.8 Å². The average Bonchev–Trinajstić information content (AvgIpc) is 3.41. The molecular formula is C32H30Br2N4. The van der Waals surface area contributed by atoms with E-state index in [0.29, 0.717) is 0 Å². The molecule has 0 N–H and O–H groups in total. The molecule has 3 aromatic carbocycles. The van der Waals surface area contributed by atoms with E-state index in [4.69, 9.17) is 4.98 Å². The second-order valence-corrected chi connectivity index (χ2v) is 11.9. The zero-order valence-electron chi connectivity index (χ0n) is 21.7. The monoisotopic (exact) mass is 628 g/mol. The molecule has 0 radical (unpaired) electrons. The van der Waals surface area contributed by atoms with Crippen LogP contribution < -0.4 is 0 Å². The van der Waals surface area contributed by atoms with Gasteiger partial charge in [-0.1, -0.05) is 50.8 Å². The normalized spacial score (nSPS) is 11.8. The van der Waals surface area contributed by atoms with Crippen LogP contribution in [0, 0.1) is 13.8 Å². The molecule has 0 amide bonds. The maximum atomic E-state index is 4.99. The van der Waals surface area contributed by atoms with Crippen molar-refractivity contribution in [3.05, 3.63) is 93.0 Å². The predicted molar refractivity (Wildman–Crippen MR) is 166 cm³/mol. The van der Waals surface area contributed by atoms with Gasteiger partial charge in [-0.3, -0.25) is 4.98 Å². The van der Waals surface area contributed by atoms with Crippen molar-refractivity contribution in [3.8, 4) is 11.5 Å². The largest absolute Gasteiger partial charge is 0.340 e. The molecule has 0 saturated carbocycles. The van der Waals surface area contributed by atoms with Crippen molar-refractivity contribution in [1.29, 1.82) is 0 Å². The van der Waals surface area contributed by atoms with E-state index >= 15 is 0 Å². The average molecular weight is 630 g/mol. The summed E-state index contributed by atoms with van der Waals surface area (Å²) in [7, 11) is 0. The van der Waals surface area contributed by atoms with Crippen molar-refractivity contribution in [1.82, 2.24) is 19.1 Å². The number of imidazole rings is 1. The first-order valence-corrected chi connectivity index (χ1v) is 14.8. The van der Waals surface area contributed by atoms with Crippen LogP contribution in [0.2, 0.25) is 0 Å². The van der Waals surface area contributed by atoms with Crippen LogP contribution in [0.25, 0.3) is 44.4 Å². The predicted octanol–water partition coefficient (Wildman–Crippen LogP) is 9.61. The van der Waals surface area contributed by atoms with Crippen molar-refractivity contribution in [2.24, 2.45) is 0 Å². The number of aromatic nitrogens is 4. The van der Waals surface area contributed by atoms with Gasteiger partial charge in [0.15, 0.2) is 5.82 Å². The Labute approximate surface area is 240 Å². The number of pyridine rings is 1. The van der Waals surface area contributed by atoms with Gasteiger partial charge in [0.25, 0.3) is 0 Å². The fourth-order valence-corrected chi connectivity index (χ4v) is 6.20. The van der Waals surface area contributed by atoms with Crippen LogP contribution >= 0.6 is 31.9 Å². The Kier molecular flexibility index (Phi) is 7.10. The Morgan fingerprint density at radius 1 is 0.658 bits per heavy atom. The molecule has 0 unspecified atom stereocenters. The Balaban J connectivity index is 1.17. The summed E-state index contributed by atoms with van der Waals surface area (Å²) in [5.41, 5.74) is 8.38. The molecule has 6 aromatic rings. The Morgan fingerprint density at radius 3 is 1.92 bits per heavy atom. The molecule has 3 aromatic heterocycles. The van der Waals surface area contributed by atoms with Gasteiger partial charge in [0.05, 0.1) is 11.0 Å². The van der Waals surface area contributed by atoms with Gasteiger partial charge in [0.2, 0.25) is 0 Å². The third kappa shape index (κ3) is 4.80. The lowest BCUT2D eigenvalue weighted by molar-refractivity contribution is 0.555. The summed E-state index contributed by atoms with van der Waals surface area (Å²) in [5.74, 6) is 0.966. The SMILES string of the molecule is Cc1cc2nc(-c3ccccn3)n(CCCCCCn3c4ccc(Br)cc4c4cc(Br)ccc43)c2cc1C. The number of halogens is 2. The molecule has 38 heavy (non-hydrogen) atoms. The number of rotatable bonds is 8. The minimum absolute atomic E-state index is 0.934. The van der Waals surface area contributed by atoms with E-state index in [9.17, 15) is 0 Å². The van der Waals surface area contributed by atoms with Crippen LogP contribution in [0.5, 0.6) is 0 Å². The molecule has 0 aliphatic rings. The number of unbranched alkanes of at least 4 members (excludes halogenated alkanes) is 3. The first-order valence-electron chi connectivity index (χ1n) is 13.3. The van der Waals surface area contributed by atoms with Crippen LogP contribution in [0.3, 0.4) is 0 Å². The van der Waals surface area contributed by atoms with Gasteiger partial charge in [0, 0.05) is 50.0 Å². The molecule has 0 bridgehead atoms. The quantitative estimate of drug-likeness (QED) is 0.157. The van der Waals surface area contributed by atoms with E-state index in [1.807, 2.05) is 18.3 Å². The zero-order chi connectivity index (χ0) is 26.2. The smallest absolute Gasteiger partial charge is 0.159 e. The summed E-state index contributed by atoms with van der Waals surface area (Å²) in [6.07, 6.45) is 6.49. The van der Waals surface area contributed by atoms with Gasteiger partial charge in [-0.15, -0.1) is 0 Å². The molecule has 6 rings (SSSR count). The minimum atomic E-state index is 0.934. The van der Waals surface area contributed by atoms with Crippen molar-refractivity contribution < 1.29 is 0 Å². The van der Waals surface area contributed by atoms with Gasteiger partial charge in [-0.05, 0) is 98.5 Å². The molecule has 0 saturated heterocycles. The highest BCUT2D eigenvalue weighted by atomic mass is 79.9. The van der Waals surface area contributed by atoms with E-state index in [2.05, 4.69) is 114 Å². The molecule has 0 aliphatic carbocycles. The van der Waals surface area contributed by atoms with E-state index in [1.165, 1.54) is 51.3 Å². The van der Waals surface area contributed by atoms with Crippen molar-refractivity contribution >= 4 is 64.7 Å². The summed E-state index contributed by atoms with van der Waals surface area (Å²) in [6.45, 7) is 6.30. The van der Waals surface area contributed by atoms with Crippen molar-refractivity contribution in [2.75, 3.05) is 0 Å². The van der Waals surface area contributed by atoms with E-state index in [1.54, 1.807) is 0 Å². The lowest BCUT2D eigenvalue weighted by Crippen LogP contribution is -2.03. The van der Waals surface area contributed by atoms with Crippen LogP contribution in [-0.2, 0) is 13.1 Å². The third-order valence-corrected chi connectivity index (χ3v) is 8.55. The fourth-order valence-electron chi connectivity index (χ4n) is 5.48. The van der Waals surface area contributed by atoms with Crippen LogP contribution in [0.4, 0.5) is 0 Å². The first-order chi connectivity index (χ1) is 18.5. The Hall–Kier alpha value is -2.96. The zero-order valence-corrected chi connectivity index (χ0v) is 24.9. The molecular weight excluding hydrogens is 600 g/mol. The van der Waals surface area contributed by atoms with Gasteiger partial charge >= 0.3 is 0 Å². The maximum absolute atomic E-state index is 4.99. The third-order valence-electron chi connectivity index (χ3n) is 7.56. The van der Waals surface area contributed by atoms with Crippen LogP contribution in [0.15, 0.2) is 81.9 Å². The Bertz CT molecular complexity index is 1710. The van der Waals surface area contributed by atoms with Crippen molar-refractivity contribution in [2.45, 2.75) is 52.6 Å². The summed E-state index contributed by atoms with van der Waals surface area (Å²) in [6, 6.07) is 23.8. The molecule has 0 spiro atoms. The lowest BCUT2D eigenvalue weighted by atomic mass is 10.1. The number of hydrogen-bond donors (Lipinski definition) is 0.